The molecule has 1 fully saturated rings. The highest BCUT2D eigenvalue weighted by Crippen LogP contribution is 2.33. The predicted octanol–water partition coefficient (Wildman–Crippen LogP) is 5.93. The summed E-state index contributed by atoms with van der Waals surface area (Å²) >= 11 is 1.40. The molecule has 1 aliphatic rings. The molecule has 0 spiro atoms. The Labute approximate surface area is 201 Å². The van der Waals surface area contributed by atoms with Crippen LogP contribution in [0.3, 0.4) is 0 Å². The number of hydrogen-bond acceptors (Lipinski definition) is 4. The number of hydrogen-bond donors (Lipinski definition) is 0. The molecule has 0 amide bonds. The number of fused-ring (bicyclic) bond motifs is 1. The number of piperazine rings is 1. The molecule has 4 aromatic rings. The first kappa shape index (κ1) is 23.0. The molecular formula is C26H25F3N4S. The Morgan fingerprint density at radius 2 is 1.53 bits per heavy atom. The number of imidazole rings is 1. The lowest BCUT2D eigenvalue weighted by molar-refractivity contribution is -0.137. The molecule has 0 N–H and O–H groups in total. The van der Waals surface area contributed by atoms with Crippen molar-refractivity contribution in [1.82, 2.24) is 18.8 Å². The second-order valence-electron chi connectivity index (χ2n) is 8.41. The highest BCUT2D eigenvalue weighted by Gasteiger charge is 2.30. The van der Waals surface area contributed by atoms with E-state index in [1.165, 1.54) is 29.6 Å². The van der Waals surface area contributed by atoms with Gasteiger partial charge in [-0.1, -0.05) is 48.5 Å². The molecule has 4 nitrogen and oxygen atoms in total. The van der Waals surface area contributed by atoms with Crippen LogP contribution in [0.1, 0.15) is 17.0 Å². The third kappa shape index (κ3) is 5.29. The largest absolute Gasteiger partial charge is 0.416 e. The minimum atomic E-state index is -4.32. The molecule has 0 radical (unpaired) electrons. The fourth-order valence-corrected chi connectivity index (χ4v) is 5.21. The third-order valence-corrected chi connectivity index (χ3v) is 7.10. The summed E-state index contributed by atoms with van der Waals surface area (Å²) in [4.78, 5) is 7.90. The van der Waals surface area contributed by atoms with E-state index in [0.29, 0.717) is 4.90 Å². The van der Waals surface area contributed by atoms with Crippen LogP contribution in [-0.2, 0) is 19.3 Å². The molecule has 0 bridgehead atoms. The maximum Gasteiger partial charge on any atom is 0.416 e. The number of halogens is 3. The monoisotopic (exact) mass is 482 g/mol. The van der Waals surface area contributed by atoms with Gasteiger partial charge < -0.3 is 4.57 Å². The van der Waals surface area contributed by atoms with Gasteiger partial charge in [-0.2, -0.15) is 13.2 Å². The van der Waals surface area contributed by atoms with Crippen molar-refractivity contribution in [2.45, 2.75) is 24.2 Å². The van der Waals surface area contributed by atoms with Crippen molar-refractivity contribution in [3.05, 3.63) is 95.8 Å². The van der Waals surface area contributed by atoms with Gasteiger partial charge >= 0.3 is 6.18 Å². The van der Waals surface area contributed by atoms with Crippen molar-refractivity contribution in [3.8, 4) is 0 Å². The lowest BCUT2D eigenvalue weighted by atomic mass is 10.2. The number of aromatic nitrogens is 2. The van der Waals surface area contributed by atoms with E-state index in [1.807, 2.05) is 24.3 Å². The zero-order valence-corrected chi connectivity index (χ0v) is 19.4. The molecule has 34 heavy (non-hydrogen) atoms. The van der Waals surface area contributed by atoms with Crippen LogP contribution in [-0.4, -0.2) is 44.9 Å². The summed E-state index contributed by atoms with van der Waals surface area (Å²) in [6.07, 6.45) is -4.32. The van der Waals surface area contributed by atoms with Crippen LogP contribution >= 0.6 is 11.9 Å². The van der Waals surface area contributed by atoms with Crippen LogP contribution in [0, 0.1) is 0 Å². The fourth-order valence-electron chi connectivity index (χ4n) is 4.25. The van der Waals surface area contributed by atoms with Crippen molar-refractivity contribution in [2.24, 2.45) is 0 Å². The van der Waals surface area contributed by atoms with Crippen molar-refractivity contribution in [2.75, 3.05) is 26.2 Å². The first-order valence-electron chi connectivity index (χ1n) is 11.3. The van der Waals surface area contributed by atoms with Gasteiger partial charge in [0.1, 0.15) is 5.82 Å². The minimum absolute atomic E-state index is 0.603. The Morgan fingerprint density at radius 3 is 2.29 bits per heavy atom. The lowest BCUT2D eigenvalue weighted by Crippen LogP contribution is -2.43. The Kier molecular flexibility index (Phi) is 6.63. The maximum atomic E-state index is 13.0. The first-order chi connectivity index (χ1) is 16.5. The normalized spacial score (nSPS) is 15.7. The van der Waals surface area contributed by atoms with E-state index in [2.05, 4.69) is 44.1 Å². The van der Waals surface area contributed by atoms with Gasteiger partial charge in [0.15, 0.2) is 0 Å². The molecule has 1 aromatic heterocycles. The maximum absolute atomic E-state index is 13.0. The van der Waals surface area contributed by atoms with Crippen molar-refractivity contribution < 1.29 is 13.2 Å². The second-order valence-corrected chi connectivity index (χ2v) is 9.58. The van der Waals surface area contributed by atoms with Crippen LogP contribution in [0.2, 0.25) is 0 Å². The lowest BCUT2D eigenvalue weighted by Gasteiger charge is -2.33. The van der Waals surface area contributed by atoms with Gasteiger partial charge in [-0.3, -0.25) is 4.90 Å². The summed E-state index contributed by atoms with van der Waals surface area (Å²) in [5.41, 5.74) is 2.75. The quantitative estimate of drug-likeness (QED) is 0.318. The predicted molar refractivity (Wildman–Crippen MR) is 129 cm³/mol. The molecule has 2 heterocycles. The smallest absolute Gasteiger partial charge is 0.322 e. The number of alkyl halides is 3. The van der Waals surface area contributed by atoms with E-state index in [9.17, 15) is 13.2 Å². The molecule has 3 aromatic carbocycles. The Morgan fingerprint density at radius 1 is 0.794 bits per heavy atom. The van der Waals surface area contributed by atoms with Crippen LogP contribution in [0.5, 0.6) is 0 Å². The van der Waals surface area contributed by atoms with Crippen LogP contribution in [0.4, 0.5) is 13.2 Å². The number of nitrogens with zero attached hydrogens (tertiary/aromatic N) is 4. The van der Waals surface area contributed by atoms with Gasteiger partial charge in [0.05, 0.1) is 23.1 Å². The molecule has 0 aliphatic carbocycles. The van der Waals surface area contributed by atoms with Gasteiger partial charge in [-0.25, -0.2) is 9.29 Å². The van der Waals surface area contributed by atoms with Gasteiger partial charge in [-0.15, -0.1) is 0 Å². The SMILES string of the molecule is FC(F)(F)c1cccc(SN2CCN(Cc3nc4ccccc4n3Cc3ccccc3)CC2)c1. The van der Waals surface area contributed by atoms with Crippen molar-refractivity contribution in [1.29, 1.82) is 0 Å². The molecule has 176 valence electrons. The molecule has 1 saturated heterocycles. The van der Waals surface area contributed by atoms with E-state index in [4.69, 9.17) is 4.98 Å². The Balaban J connectivity index is 1.25. The van der Waals surface area contributed by atoms with E-state index in [-0.39, 0.29) is 0 Å². The van der Waals surface area contributed by atoms with E-state index < -0.39 is 11.7 Å². The Hall–Kier alpha value is -2.81. The van der Waals surface area contributed by atoms with Gasteiger partial charge in [0, 0.05) is 37.6 Å². The van der Waals surface area contributed by atoms with Crippen LogP contribution in [0.25, 0.3) is 11.0 Å². The molecule has 0 atom stereocenters. The third-order valence-electron chi connectivity index (χ3n) is 6.01. The van der Waals surface area contributed by atoms with Gasteiger partial charge in [0.25, 0.3) is 0 Å². The minimum Gasteiger partial charge on any atom is -0.322 e. The summed E-state index contributed by atoms with van der Waals surface area (Å²) in [7, 11) is 0. The fraction of sp³-hybridized carbons (Fsp3) is 0.269. The molecule has 0 unspecified atom stereocenters. The topological polar surface area (TPSA) is 24.3 Å². The molecule has 8 heteroatoms. The van der Waals surface area contributed by atoms with Crippen molar-refractivity contribution in [3.63, 3.8) is 0 Å². The van der Waals surface area contributed by atoms with Crippen LogP contribution < -0.4 is 0 Å². The molecule has 0 saturated carbocycles. The average molecular weight is 483 g/mol. The van der Waals surface area contributed by atoms with Gasteiger partial charge in [0.2, 0.25) is 0 Å². The summed E-state index contributed by atoms with van der Waals surface area (Å²) in [5.74, 6) is 1.03. The molecule has 1 aliphatic heterocycles. The van der Waals surface area contributed by atoms with Crippen molar-refractivity contribution >= 4 is 23.0 Å². The van der Waals surface area contributed by atoms with Gasteiger partial charge in [-0.05, 0) is 47.8 Å². The van der Waals surface area contributed by atoms with E-state index in [1.54, 1.807) is 6.07 Å². The number of rotatable bonds is 6. The number of benzene rings is 3. The van der Waals surface area contributed by atoms with E-state index >= 15 is 0 Å². The highest BCUT2D eigenvalue weighted by molar-refractivity contribution is 7.97. The highest BCUT2D eigenvalue weighted by atomic mass is 32.2. The summed E-state index contributed by atoms with van der Waals surface area (Å²) < 4.78 is 43.5. The summed E-state index contributed by atoms with van der Waals surface area (Å²) in [6.45, 7) is 4.73. The van der Waals surface area contributed by atoms with Crippen LogP contribution in [0.15, 0.2) is 83.8 Å². The second kappa shape index (κ2) is 9.82. The molecular weight excluding hydrogens is 457 g/mol. The average Bonchev–Trinajstić information content (AvgIpc) is 3.17. The summed E-state index contributed by atoms with van der Waals surface area (Å²) in [6, 6.07) is 24.1. The summed E-state index contributed by atoms with van der Waals surface area (Å²) in [5, 5.41) is 0. The molecule has 5 rings (SSSR count). The van der Waals surface area contributed by atoms with E-state index in [0.717, 1.165) is 62.2 Å². The Bertz CT molecular complexity index is 1250. The first-order valence-corrected chi connectivity index (χ1v) is 12.0. The zero-order chi connectivity index (χ0) is 23.5. The zero-order valence-electron chi connectivity index (χ0n) is 18.6. The number of para-hydroxylation sites is 2. The standard InChI is InChI=1S/C26H25F3N4S/c27-26(28,29)21-9-6-10-22(17-21)34-32-15-13-31(14-16-32)19-25-30-23-11-4-5-12-24(23)33(25)18-20-7-2-1-3-8-20/h1-12,17H,13-16,18-19H2.